The molecular weight excluding hydrogens is 231 g/mol. The van der Waals surface area contributed by atoms with Crippen molar-refractivity contribution in [3.63, 3.8) is 0 Å². The van der Waals surface area contributed by atoms with E-state index >= 15 is 0 Å². The van der Waals surface area contributed by atoms with Crippen LogP contribution in [0.3, 0.4) is 0 Å². The second-order valence-electron chi connectivity index (χ2n) is 6.65. The topological polar surface area (TPSA) is 9.23 Å². The molecule has 0 aliphatic heterocycles. The summed E-state index contributed by atoms with van der Waals surface area (Å²) in [6.07, 6.45) is 6.56. The van der Waals surface area contributed by atoms with Crippen LogP contribution in [0.5, 0.6) is 0 Å². The fourth-order valence-corrected chi connectivity index (χ4v) is 3.04. The zero-order valence-corrected chi connectivity index (χ0v) is 14.3. The van der Waals surface area contributed by atoms with E-state index in [-0.39, 0.29) is 23.4 Å². The van der Waals surface area contributed by atoms with Crippen LogP contribution in [0.4, 0.5) is 0 Å². The van der Waals surface area contributed by atoms with Crippen molar-refractivity contribution >= 4 is 7.85 Å². The van der Waals surface area contributed by atoms with Gasteiger partial charge in [-0.3, -0.25) is 0 Å². The van der Waals surface area contributed by atoms with Gasteiger partial charge in [0.15, 0.2) is 0 Å². The molecule has 0 amide bonds. The molecule has 4 atom stereocenters. The summed E-state index contributed by atoms with van der Waals surface area (Å²) in [5.41, 5.74) is 0.245. The molecule has 0 aliphatic carbocycles. The molecule has 0 aromatic heterocycles. The van der Waals surface area contributed by atoms with Gasteiger partial charge in [-0.05, 0) is 38.0 Å². The molecule has 0 saturated carbocycles. The minimum absolute atomic E-state index is 0.196. The summed E-state index contributed by atoms with van der Waals surface area (Å²) < 4.78 is 6.34. The van der Waals surface area contributed by atoms with Gasteiger partial charge in [0.1, 0.15) is 0 Å². The van der Waals surface area contributed by atoms with Gasteiger partial charge in [-0.15, -0.1) is 0 Å². The summed E-state index contributed by atoms with van der Waals surface area (Å²) >= 11 is 0. The minimum Gasteiger partial charge on any atom is -0.375 e. The Balaban J connectivity index is 5.16. The lowest BCUT2D eigenvalue weighted by Gasteiger charge is -2.44. The Kier molecular flexibility index (Phi) is 9.06. The van der Waals surface area contributed by atoms with E-state index in [0.29, 0.717) is 5.92 Å². The van der Waals surface area contributed by atoms with Crippen molar-refractivity contribution < 1.29 is 4.74 Å². The van der Waals surface area contributed by atoms with Crippen LogP contribution in [0, 0.1) is 11.3 Å². The van der Waals surface area contributed by atoms with E-state index in [0.717, 1.165) is 12.8 Å². The van der Waals surface area contributed by atoms with E-state index < -0.39 is 0 Å². The molecule has 2 heteroatoms. The van der Waals surface area contributed by atoms with Crippen molar-refractivity contribution in [2.75, 3.05) is 0 Å². The molecule has 4 unspecified atom stereocenters. The molecule has 112 valence electrons. The first kappa shape index (κ1) is 19.0. The van der Waals surface area contributed by atoms with Crippen molar-refractivity contribution in [3.05, 3.63) is 0 Å². The molecule has 0 fully saturated rings. The number of unbranched alkanes of at least 4 members (excludes halogenated alkanes) is 1. The summed E-state index contributed by atoms with van der Waals surface area (Å²) in [4.78, 5) is 0. The maximum absolute atomic E-state index is 6.34. The molecule has 0 aliphatic rings. The van der Waals surface area contributed by atoms with E-state index in [1.54, 1.807) is 0 Å². The van der Waals surface area contributed by atoms with Crippen molar-refractivity contribution in [3.8, 4) is 0 Å². The second kappa shape index (κ2) is 9.05. The Morgan fingerprint density at radius 3 is 2.00 bits per heavy atom. The quantitative estimate of drug-likeness (QED) is 0.482. The van der Waals surface area contributed by atoms with Crippen LogP contribution in [0.1, 0.15) is 80.6 Å². The largest absolute Gasteiger partial charge is 0.375 e. The average molecular weight is 266 g/mol. The van der Waals surface area contributed by atoms with Crippen LogP contribution in [-0.2, 0) is 4.74 Å². The summed E-state index contributed by atoms with van der Waals surface area (Å²) in [5.74, 6) is 0.644. The van der Waals surface area contributed by atoms with Crippen molar-refractivity contribution in [2.45, 2.75) is 98.6 Å². The molecule has 0 aromatic rings. The SMILES string of the molecule is [B]C(C)C(CC)C(OC(C)C)C(C)(CC)CCCC. The molecule has 2 radical (unpaired) electrons. The van der Waals surface area contributed by atoms with Gasteiger partial charge in [0.2, 0.25) is 0 Å². The lowest BCUT2D eigenvalue weighted by Crippen LogP contribution is -2.43. The highest BCUT2D eigenvalue weighted by atomic mass is 16.5. The third-order valence-electron chi connectivity index (χ3n) is 4.55. The van der Waals surface area contributed by atoms with E-state index in [1.165, 1.54) is 19.3 Å². The zero-order valence-electron chi connectivity index (χ0n) is 14.3. The summed E-state index contributed by atoms with van der Waals surface area (Å²) in [5, 5.41) is 0. The first-order valence-electron chi connectivity index (χ1n) is 8.23. The van der Waals surface area contributed by atoms with Gasteiger partial charge < -0.3 is 4.74 Å². The molecule has 0 N–H and O–H groups in total. The zero-order chi connectivity index (χ0) is 15.1. The highest BCUT2D eigenvalue weighted by Gasteiger charge is 2.39. The molecule has 0 aromatic carbocycles. The van der Waals surface area contributed by atoms with Gasteiger partial charge >= 0.3 is 0 Å². The van der Waals surface area contributed by atoms with Gasteiger partial charge in [0, 0.05) is 0 Å². The molecule has 0 saturated heterocycles. The summed E-state index contributed by atoms with van der Waals surface area (Å²) in [6.45, 7) is 15.6. The van der Waals surface area contributed by atoms with Gasteiger partial charge in [-0.25, -0.2) is 0 Å². The Hall–Kier alpha value is 0.0249. The number of hydrogen-bond acceptors (Lipinski definition) is 1. The number of rotatable bonds is 10. The maximum atomic E-state index is 6.34. The van der Waals surface area contributed by atoms with Crippen LogP contribution >= 0.6 is 0 Å². The molecule has 0 spiro atoms. The lowest BCUT2D eigenvalue weighted by molar-refractivity contribution is -0.103. The third-order valence-corrected chi connectivity index (χ3v) is 4.55. The third kappa shape index (κ3) is 5.89. The smallest absolute Gasteiger partial charge is 0.0700 e. The van der Waals surface area contributed by atoms with E-state index in [9.17, 15) is 0 Å². The predicted octanol–water partition coefficient (Wildman–Crippen LogP) is 5.39. The van der Waals surface area contributed by atoms with Crippen LogP contribution in [0.2, 0.25) is 5.82 Å². The molecule has 19 heavy (non-hydrogen) atoms. The lowest BCUT2D eigenvalue weighted by atomic mass is 9.64. The van der Waals surface area contributed by atoms with E-state index in [2.05, 4.69) is 48.5 Å². The number of ether oxygens (including phenoxy) is 1. The minimum atomic E-state index is 0.196. The van der Waals surface area contributed by atoms with Crippen molar-refractivity contribution in [2.24, 2.45) is 11.3 Å². The average Bonchev–Trinajstić information content (AvgIpc) is 2.34. The van der Waals surface area contributed by atoms with E-state index in [1.807, 2.05) is 0 Å². The summed E-state index contributed by atoms with van der Waals surface area (Å²) in [7, 11) is 6.22. The molecule has 0 heterocycles. The first-order chi connectivity index (χ1) is 8.82. The Morgan fingerprint density at radius 1 is 1.11 bits per heavy atom. The predicted molar refractivity (Wildman–Crippen MR) is 86.9 cm³/mol. The van der Waals surface area contributed by atoms with Crippen LogP contribution in [0.15, 0.2) is 0 Å². The van der Waals surface area contributed by atoms with Crippen molar-refractivity contribution in [1.29, 1.82) is 0 Å². The number of hydrogen-bond donors (Lipinski definition) is 0. The maximum Gasteiger partial charge on any atom is 0.0700 e. The summed E-state index contributed by atoms with van der Waals surface area (Å²) in [6, 6.07) is 0. The van der Waals surface area contributed by atoms with Crippen molar-refractivity contribution in [1.82, 2.24) is 0 Å². The van der Waals surface area contributed by atoms with E-state index in [4.69, 9.17) is 12.6 Å². The Morgan fingerprint density at radius 2 is 1.68 bits per heavy atom. The van der Waals surface area contributed by atoms with Crippen LogP contribution in [-0.4, -0.2) is 20.1 Å². The van der Waals surface area contributed by atoms with Gasteiger partial charge in [-0.1, -0.05) is 59.7 Å². The standard InChI is InChI=1S/C17H35BO/c1-8-11-12-17(7,10-3)16(19-13(4)5)15(9-2)14(6)18/h13-16H,8-12H2,1-7H3. The fourth-order valence-electron chi connectivity index (χ4n) is 3.04. The highest BCUT2D eigenvalue weighted by molar-refractivity contribution is 6.11. The van der Waals surface area contributed by atoms with Gasteiger partial charge in [-0.2, -0.15) is 0 Å². The first-order valence-corrected chi connectivity index (χ1v) is 8.23. The molecular formula is C17H35BO. The molecule has 0 rings (SSSR count). The Labute approximate surface area is 123 Å². The highest BCUT2D eigenvalue weighted by Crippen LogP contribution is 2.42. The molecule has 1 nitrogen and oxygen atoms in total. The normalized spacial score (nSPS) is 20.0. The van der Waals surface area contributed by atoms with Gasteiger partial charge in [0.25, 0.3) is 0 Å². The monoisotopic (exact) mass is 266 g/mol. The molecule has 0 bridgehead atoms. The Bertz CT molecular complexity index is 227. The van der Waals surface area contributed by atoms with Crippen LogP contribution < -0.4 is 0 Å². The second-order valence-corrected chi connectivity index (χ2v) is 6.65. The van der Waals surface area contributed by atoms with Crippen LogP contribution in [0.25, 0.3) is 0 Å². The van der Waals surface area contributed by atoms with Gasteiger partial charge in [0.05, 0.1) is 20.1 Å². The fraction of sp³-hybridized carbons (Fsp3) is 1.00.